The van der Waals surface area contributed by atoms with Gasteiger partial charge in [0.2, 0.25) is 0 Å². The number of benzene rings is 1. The number of rotatable bonds is 6. The zero-order valence-corrected chi connectivity index (χ0v) is 16.3. The third-order valence-electron chi connectivity index (χ3n) is 4.42. The zero-order chi connectivity index (χ0) is 19.6. The highest BCUT2D eigenvalue weighted by atomic mass is 16.6. The first-order chi connectivity index (χ1) is 12.9. The molecule has 0 atom stereocenters. The van der Waals surface area contributed by atoms with Gasteiger partial charge in [0.1, 0.15) is 5.69 Å². The molecule has 0 saturated carbocycles. The molecule has 0 aliphatic carbocycles. The van der Waals surface area contributed by atoms with Crippen LogP contribution in [0, 0.1) is 0 Å². The number of aryl methyl sites for hydroxylation is 1. The minimum absolute atomic E-state index is 0.423. The summed E-state index contributed by atoms with van der Waals surface area (Å²) in [6.45, 7) is 7.94. The number of hydrogen-bond donors (Lipinski definition) is 1. The minimum atomic E-state index is 0.423. The number of fused-ring (bicyclic) bond motifs is 1. The predicted molar refractivity (Wildman–Crippen MR) is 109 cm³/mol. The lowest BCUT2D eigenvalue weighted by Crippen LogP contribution is -1.94. The fraction of sp³-hybridized carbons (Fsp3) is 0.286. The second kappa shape index (κ2) is 7.61. The second-order valence-corrected chi connectivity index (χ2v) is 6.77. The average Bonchev–Trinajstić information content (AvgIpc) is 3.23. The molecule has 0 amide bonds. The van der Waals surface area contributed by atoms with Gasteiger partial charge in [0.15, 0.2) is 12.0 Å². The zero-order valence-electron chi connectivity index (χ0n) is 16.3. The van der Waals surface area contributed by atoms with Gasteiger partial charge in [0.25, 0.3) is 0 Å². The number of aldehydes is 1. The number of H-pyrrole nitrogens is 1. The third kappa shape index (κ3) is 3.84. The van der Waals surface area contributed by atoms with Crippen molar-refractivity contribution in [2.45, 2.75) is 34.1 Å². The summed E-state index contributed by atoms with van der Waals surface area (Å²) < 4.78 is 1.72. The Bertz CT molecular complexity index is 1050. The topological polar surface area (TPSA) is 72.3 Å². The summed E-state index contributed by atoms with van der Waals surface area (Å²) in [4.78, 5) is 20.1. The van der Waals surface area contributed by atoms with E-state index in [4.69, 9.17) is 4.84 Å². The van der Waals surface area contributed by atoms with Crippen molar-refractivity contribution in [2.75, 3.05) is 0 Å². The molecule has 0 bridgehead atoms. The second-order valence-electron chi connectivity index (χ2n) is 6.77. The summed E-state index contributed by atoms with van der Waals surface area (Å²) >= 11 is 0. The highest BCUT2D eigenvalue weighted by Crippen LogP contribution is 2.29. The molecule has 1 N–H and O–H groups in total. The van der Waals surface area contributed by atoms with Crippen molar-refractivity contribution >= 4 is 28.7 Å². The van der Waals surface area contributed by atoms with Crippen molar-refractivity contribution in [2.24, 2.45) is 12.2 Å². The van der Waals surface area contributed by atoms with E-state index in [9.17, 15) is 4.79 Å². The summed E-state index contributed by atoms with van der Waals surface area (Å²) in [6.07, 6.45) is 1.63. The van der Waals surface area contributed by atoms with E-state index < -0.39 is 0 Å². The maximum Gasteiger partial charge on any atom is 0.180 e. The van der Waals surface area contributed by atoms with Crippen LogP contribution in [0.25, 0.3) is 27.9 Å². The van der Waals surface area contributed by atoms with Gasteiger partial charge in [-0.2, -0.15) is 5.10 Å². The van der Waals surface area contributed by atoms with E-state index in [-0.39, 0.29) is 0 Å². The highest BCUT2D eigenvalue weighted by molar-refractivity contribution is 5.88. The van der Waals surface area contributed by atoms with Crippen LogP contribution in [0.15, 0.2) is 41.1 Å². The van der Waals surface area contributed by atoms with Crippen LogP contribution in [0.2, 0.25) is 0 Å². The summed E-state index contributed by atoms with van der Waals surface area (Å²) in [6, 6.07) is 9.96. The van der Waals surface area contributed by atoms with Crippen molar-refractivity contribution < 1.29 is 9.63 Å². The Labute approximate surface area is 158 Å². The number of hydrogen-bond acceptors (Lipinski definition) is 4. The number of aromatic nitrogens is 3. The fourth-order valence-electron chi connectivity index (χ4n) is 2.89. The van der Waals surface area contributed by atoms with E-state index in [1.807, 2.05) is 40.0 Å². The normalized spacial score (nSPS) is 12.0. The lowest BCUT2D eigenvalue weighted by atomic mass is 10.1. The molecule has 140 valence electrons. The summed E-state index contributed by atoms with van der Waals surface area (Å²) in [5.74, 6) is 0.750. The van der Waals surface area contributed by atoms with Crippen molar-refractivity contribution in [1.29, 1.82) is 0 Å². The van der Waals surface area contributed by atoms with Crippen LogP contribution in [-0.4, -0.2) is 26.8 Å². The van der Waals surface area contributed by atoms with Gasteiger partial charge in [-0.05, 0) is 57.0 Å². The molecule has 3 aromatic rings. The van der Waals surface area contributed by atoms with Crippen LogP contribution in [0.1, 0.15) is 50.3 Å². The van der Waals surface area contributed by atoms with Gasteiger partial charge in [-0.1, -0.05) is 18.1 Å². The Balaban J connectivity index is 2.05. The molecule has 6 nitrogen and oxygen atoms in total. The van der Waals surface area contributed by atoms with E-state index in [1.54, 1.807) is 10.7 Å². The number of oxime groups is 1. The molecule has 0 aliphatic rings. The van der Waals surface area contributed by atoms with E-state index >= 15 is 0 Å². The number of nitrogens with one attached hydrogen (secondary N) is 1. The lowest BCUT2D eigenvalue weighted by Gasteiger charge is -2.07. The Morgan fingerprint density at radius 1 is 1.26 bits per heavy atom. The van der Waals surface area contributed by atoms with Crippen LogP contribution in [0.4, 0.5) is 0 Å². The molecule has 0 unspecified atom stereocenters. The Morgan fingerprint density at radius 3 is 2.67 bits per heavy atom. The predicted octanol–water partition coefficient (Wildman–Crippen LogP) is 4.93. The Kier molecular flexibility index (Phi) is 5.26. The lowest BCUT2D eigenvalue weighted by molar-refractivity contribution is 0.111. The molecule has 6 heteroatoms. The quantitative estimate of drug-likeness (QED) is 0.292. The van der Waals surface area contributed by atoms with E-state index in [1.165, 1.54) is 0 Å². The molecule has 0 aliphatic heterocycles. The largest absolute Gasteiger partial charge is 0.355 e. The average molecular weight is 364 g/mol. The van der Waals surface area contributed by atoms with Crippen molar-refractivity contribution in [3.8, 4) is 11.3 Å². The molecule has 0 spiro atoms. The van der Waals surface area contributed by atoms with Gasteiger partial charge >= 0.3 is 0 Å². The molecular weight excluding hydrogens is 340 g/mol. The van der Waals surface area contributed by atoms with Gasteiger partial charge in [0, 0.05) is 23.5 Å². The molecular formula is C21H24N4O2. The van der Waals surface area contributed by atoms with Gasteiger partial charge < -0.3 is 9.82 Å². The SMILES string of the molecule is CCC(C)=C(ON=C(C)C)c1cc2cc(-c3cc(C=O)nn3C)ccc2[nH]1. The summed E-state index contributed by atoms with van der Waals surface area (Å²) in [5.41, 5.74) is 6.19. The molecule has 0 fully saturated rings. The molecule has 2 heterocycles. The van der Waals surface area contributed by atoms with Crippen LogP contribution in [0.3, 0.4) is 0 Å². The standard InChI is InChI=1S/C21H24N4O2/c1-6-14(4)21(27-24-13(2)3)19-10-16-9-15(7-8-18(16)22-19)20-11-17(12-26)23-25(20)5/h7-12,22H,6H2,1-5H3. The molecule has 2 aromatic heterocycles. The monoisotopic (exact) mass is 364 g/mol. The molecule has 0 radical (unpaired) electrons. The molecule has 27 heavy (non-hydrogen) atoms. The number of aromatic amines is 1. The van der Waals surface area contributed by atoms with Crippen LogP contribution >= 0.6 is 0 Å². The number of nitrogens with zero attached hydrogens (tertiary/aromatic N) is 3. The molecule has 1 aromatic carbocycles. The first kappa shape index (κ1) is 18.6. The third-order valence-corrected chi connectivity index (χ3v) is 4.42. The van der Waals surface area contributed by atoms with Gasteiger partial charge in [0.05, 0.1) is 17.1 Å². The van der Waals surface area contributed by atoms with Crippen LogP contribution in [-0.2, 0) is 11.9 Å². The maximum atomic E-state index is 11.0. The van der Waals surface area contributed by atoms with Gasteiger partial charge in [-0.15, -0.1) is 0 Å². The highest BCUT2D eigenvalue weighted by Gasteiger charge is 2.13. The fourth-order valence-corrected chi connectivity index (χ4v) is 2.89. The first-order valence-corrected chi connectivity index (χ1v) is 8.93. The molecule has 3 rings (SSSR count). The van der Waals surface area contributed by atoms with Crippen molar-refractivity contribution in [3.63, 3.8) is 0 Å². The van der Waals surface area contributed by atoms with Gasteiger partial charge in [-0.25, -0.2) is 0 Å². The first-order valence-electron chi connectivity index (χ1n) is 8.93. The smallest absolute Gasteiger partial charge is 0.180 e. The van der Waals surface area contributed by atoms with Crippen LogP contribution < -0.4 is 0 Å². The summed E-state index contributed by atoms with van der Waals surface area (Å²) in [5, 5.41) is 9.37. The van der Waals surface area contributed by atoms with E-state index in [0.29, 0.717) is 5.69 Å². The Morgan fingerprint density at radius 2 is 2.04 bits per heavy atom. The van der Waals surface area contributed by atoms with Crippen molar-refractivity contribution in [3.05, 3.63) is 47.3 Å². The van der Waals surface area contributed by atoms with Gasteiger partial charge in [-0.3, -0.25) is 9.48 Å². The number of carbonyl (C=O) groups is 1. The maximum absolute atomic E-state index is 11.0. The van der Waals surface area contributed by atoms with E-state index in [0.717, 1.165) is 57.6 Å². The Hall–Kier alpha value is -3.15. The minimum Gasteiger partial charge on any atom is -0.355 e. The van der Waals surface area contributed by atoms with E-state index in [2.05, 4.69) is 34.3 Å². The molecule has 0 saturated heterocycles. The van der Waals surface area contributed by atoms with Crippen LogP contribution in [0.5, 0.6) is 0 Å². The van der Waals surface area contributed by atoms with Crippen molar-refractivity contribution in [1.82, 2.24) is 14.8 Å². The number of carbonyl (C=O) groups excluding carboxylic acids is 1. The number of allylic oxidation sites excluding steroid dienone is 1. The summed E-state index contributed by atoms with van der Waals surface area (Å²) in [7, 11) is 1.83.